The number of hydrogen-bond acceptors (Lipinski definition) is 6. The van der Waals surface area contributed by atoms with Gasteiger partial charge in [-0.2, -0.15) is 0 Å². The standard InChI is InChI=1S/C27H22N4O2S2/c1-18-10-12-19(13-11-18)16-28-24-21(25(32)30-14-6-5-9-23(30)29-24)15-22-26(33)31(27(34)35-22)17-20-7-3-2-4-8-20/h2-15,28H,16-17H2,1H3. The van der Waals surface area contributed by atoms with E-state index in [2.05, 4.69) is 10.3 Å². The van der Waals surface area contributed by atoms with E-state index in [1.54, 1.807) is 29.3 Å². The number of nitrogens with zero attached hydrogens (tertiary/aromatic N) is 3. The molecule has 0 bridgehead atoms. The minimum Gasteiger partial charge on any atom is -0.365 e. The van der Waals surface area contributed by atoms with Crippen LogP contribution in [0.4, 0.5) is 5.82 Å². The van der Waals surface area contributed by atoms with Crippen molar-refractivity contribution in [3.05, 3.63) is 117 Å². The highest BCUT2D eigenvalue weighted by atomic mass is 32.2. The van der Waals surface area contributed by atoms with Crippen LogP contribution < -0.4 is 10.9 Å². The van der Waals surface area contributed by atoms with Crippen LogP contribution in [-0.4, -0.2) is 24.5 Å². The summed E-state index contributed by atoms with van der Waals surface area (Å²) in [6.07, 6.45) is 3.28. The van der Waals surface area contributed by atoms with Crippen LogP contribution in [0.15, 0.2) is 88.7 Å². The predicted molar refractivity (Wildman–Crippen MR) is 145 cm³/mol. The van der Waals surface area contributed by atoms with E-state index in [4.69, 9.17) is 12.2 Å². The van der Waals surface area contributed by atoms with E-state index in [-0.39, 0.29) is 11.5 Å². The molecule has 0 atom stereocenters. The third kappa shape index (κ3) is 4.89. The maximum Gasteiger partial charge on any atom is 0.267 e. The van der Waals surface area contributed by atoms with Crippen molar-refractivity contribution in [3.8, 4) is 0 Å². The maximum absolute atomic E-state index is 13.4. The van der Waals surface area contributed by atoms with E-state index < -0.39 is 0 Å². The Hall–Kier alpha value is -3.75. The van der Waals surface area contributed by atoms with Gasteiger partial charge in [-0.05, 0) is 36.3 Å². The van der Waals surface area contributed by atoms with E-state index in [9.17, 15) is 9.59 Å². The highest BCUT2D eigenvalue weighted by Crippen LogP contribution is 2.34. The molecule has 8 heteroatoms. The summed E-state index contributed by atoms with van der Waals surface area (Å²) in [7, 11) is 0. The zero-order valence-corrected chi connectivity index (χ0v) is 20.6. The summed E-state index contributed by atoms with van der Waals surface area (Å²) < 4.78 is 1.95. The van der Waals surface area contributed by atoms with E-state index in [1.807, 2.05) is 67.6 Å². The fourth-order valence-electron chi connectivity index (χ4n) is 3.79. The maximum atomic E-state index is 13.4. The molecular formula is C27H22N4O2S2. The lowest BCUT2D eigenvalue weighted by molar-refractivity contribution is -0.122. The number of nitrogens with one attached hydrogen (secondary N) is 1. The van der Waals surface area contributed by atoms with Crippen LogP contribution in [0, 0.1) is 6.92 Å². The summed E-state index contributed by atoms with van der Waals surface area (Å²) in [6, 6.07) is 23.2. The number of pyridine rings is 1. The number of thiocarbonyl (C=S) groups is 1. The summed E-state index contributed by atoms with van der Waals surface area (Å²) in [5, 5.41) is 3.30. The fourth-order valence-corrected chi connectivity index (χ4v) is 5.03. The van der Waals surface area contributed by atoms with Gasteiger partial charge in [-0.25, -0.2) is 4.98 Å². The van der Waals surface area contributed by atoms with Gasteiger partial charge in [-0.3, -0.25) is 18.9 Å². The van der Waals surface area contributed by atoms with E-state index in [1.165, 1.54) is 21.7 Å². The minimum absolute atomic E-state index is 0.217. The normalized spacial score (nSPS) is 14.8. The number of thioether (sulfide) groups is 1. The molecule has 1 aliphatic rings. The molecule has 1 N–H and O–H groups in total. The Morgan fingerprint density at radius 3 is 2.49 bits per heavy atom. The molecule has 2 aromatic carbocycles. The lowest BCUT2D eigenvalue weighted by Crippen LogP contribution is -2.27. The first kappa shape index (κ1) is 23.0. The number of aryl methyl sites for hydroxylation is 1. The molecule has 1 amide bonds. The molecular weight excluding hydrogens is 476 g/mol. The van der Waals surface area contributed by atoms with Gasteiger partial charge in [0.2, 0.25) is 0 Å². The second-order valence-electron chi connectivity index (χ2n) is 8.20. The number of carbonyl (C=O) groups is 1. The first-order chi connectivity index (χ1) is 17.0. The molecule has 3 heterocycles. The highest BCUT2D eigenvalue weighted by Gasteiger charge is 2.32. The van der Waals surface area contributed by atoms with Crippen molar-refractivity contribution in [2.24, 2.45) is 0 Å². The van der Waals surface area contributed by atoms with Gasteiger partial charge in [0.1, 0.15) is 15.8 Å². The number of anilines is 1. The largest absolute Gasteiger partial charge is 0.365 e. The Morgan fingerprint density at radius 1 is 0.971 bits per heavy atom. The fraction of sp³-hybridized carbons (Fsp3) is 0.111. The van der Waals surface area contributed by atoms with Crippen LogP contribution in [0.3, 0.4) is 0 Å². The second kappa shape index (κ2) is 9.85. The number of amides is 1. The van der Waals surface area contributed by atoms with Gasteiger partial charge in [0.25, 0.3) is 11.5 Å². The molecule has 0 radical (unpaired) electrons. The summed E-state index contributed by atoms with van der Waals surface area (Å²) >= 11 is 6.69. The van der Waals surface area contributed by atoms with Crippen LogP contribution in [0.1, 0.15) is 22.3 Å². The summed E-state index contributed by atoms with van der Waals surface area (Å²) in [5.74, 6) is 0.209. The van der Waals surface area contributed by atoms with Crippen LogP contribution >= 0.6 is 24.0 Å². The lowest BCUT2D eigenvalue weighted by Gasteiger charge is -2.14. The van der Waals surface area contributed by atoms with Crippen LogP contribution in [-0.2, 0) is 17.9 Å². The molecule has 1 saturated heterocycles. The molecule has 5 rings (SSSR count). The molecule has 1 aliphatic heterocycles. The van der Waals surface area contributed by atoms with Crippen molar-refractivity contribution < 1.29 is 4.79 Å². The molecule has 4 aromatic rings. The molecule has 2 aromatic heterocycles. The molecule has 174 valence electrons. The van der Waals surface area contributed by atoms with Crippen molar-refractivity contribution in [2.45, 2.75) is 20.0 Å². The van der Waals surface area contributed by atoms with Crippen molar-refractivity contribution in [3.63, 3.8) is 0 Å². The molecule has 6 nitrogen and oxygen atoms in total. The summed E-state index contributed by atoms with van der Waals surface area (Å²) in [5.41, 5.74) is 3.81. The first-order valence-electron chi connectivity index (χ1n) is 11.1. The van der Waals surface area contributed by atoms with Crippen molar-refractivity contribution in [1.82, 2.24) is 14.3 Å². The number of aromatic nitrogens is 2. The summed E-state index contributed by atoms with van der Waals surface area (Å²) in [6.45, 7) is 2.91. The van der Waals surface area contributed by atoms with Crippen molar-refractivity contribution >= 4 is 51.7 Å². The molecule has 0 unspecified atom stereocenters. The van der Waals surface area contributed by atoms with Gasteiger partial charge in [-0.15, -0.1) is 0 Å². The Bertz CT molecular complexity index is 1510. The van der Waals surface area contributed by atoms with E-state index in [0.717, 1.165) is 11.1 Å². The van der Waals surface area contributed by atoms with E-state index in [0.29, 0.717) is 39.3 Å². The first-order valence-corrected chi connectivity index (χ1v) is 12.3. The zero-order chi connectivity index (χ0) is 24.4. The van der Waals surface area contributed by atoms with Gasteiger partial charge < -0.3 is 5.32 Å². The lowest BCUT2D eigenvalue weighted by atomic mass is 10.1. The molecule has 0 spiro atoms. The smallest absolute Gasteiger partial charge is 0.267 e. The topological polar surface area (TPSA) is 66.7 Å². The summed E-state index contributed by atoms with van der Waals surface area (Å²) in [4.78, 5) is 33.3. The van der Waals surface area contributed by atoms with E-state index >= 15 is 0 Å². The molecule has 0 saturated carbocycles. The molecule has 35 heavy (non-hydrogen) atoms. The minimum atomic E-state index is -0.254. The molecule has 0 aliphatic carbocycles. The number of fused-ring (bicyclic) bond motifs is 1. The van der Waals surface area contributed by atoms with Gasteiger partial charge in [0.05, 0.1) is 17.0 Å². The van der Waals surface area contributed by atoms with Gasteiger partial charge >= 0.3 is 0 Å². The van der Waals surface area contributed by atoms with Crippen molar-refractivity contribution in [2.75, 3.05) is 5.32 Å². The Kier molecular flexibility index (Phi) is 6.48. The Balaban J connectivity index is 1.50. The van der Waals surface area contributed by atoms with Gasteiger partial charge in [-0.1, -0.05) is 90.2 Å². The number of carbonyl (C=O) groups excluding carboxylic acids is 1. The average molecular weight is 499 g/mol. The number of hydrogen-bond donors (Lipinski definition) is 1. The third-order valence-electron chi connectivity index (χ3n) is 5.68. The third-order valence-corrected chi connectivity index (χ3v) is 7.06. The van der Waals surface area contributed by atoms with Crippen LogP contribution in [0.2, 0.25) is 0 Å². The average Bonchev–Trinajstić information content (AvgIpc) is 3.13. The monoisotopic (exact) mass is 498 g/mol. The Morgan fingerprint density at radius 2 is 1.71 bits per heavy atom. The zero-order valence-electron chi connectivity index (χ0n) is 19.0. The predicted octanol–water partition coefficient (Wildman–Crippen LogP) is 5.02. The Labute approximate surface area is 212 Å². The second-order valence-corrected chi connectivity index (χ2v) is 9.88. The quantitative estimate of drug-likeness (QED) is 0.298. The van der Waals surface area contributed by atoms with Crippen LogP contribution in [0.5, 0.6) is 0 Å². The van der Waals surface area contributed by atoms with Crippen LogP contribution in [0.25, 0.3) is 11.7 Å². The van der Waals surface area contributed by atoms with Crippen molar-refractivity contribution in [1.29, 1.82) is 0 Å². The number of benzene rings is 2. The van der Waals surface area contributed by atoms with Gasteiger partial charge in [0, 0.05) is 12.7 Å². The number of rotatable bonds is 6. The molecule has 1 fully saturated rings. The highest BCUT2D eigenvalue weighted by molar-refractivity contribution is 8.26. The SMILES string of the molecule is Cc1ccc(CNc2nc3ccccn3c(=O)c2C=C2SC(=S)N(Cc3ccccc3)C2=O)cc1. The van der Waals surface area contributed by atoms with Gasteiger partial charge in [0.15, 0.2) is 0 Å².